The van der Waals surface area contributed by atoms with E-state index in [9.17, 15) is 0 Å². The Morgan fingerprint density at radius 1 is 1.11 bits per heavy atom. The molecule has 0 aliphatic carbocycles. The molecule has 0 amide bonds. The third-order valence-electron chi connectivity index (χ3n) is 3.57. The van der Waals surface area contributed by atoms with Crippen LogP contribution in [0.2, 0.25) is 0 Å². The summed E-state index contributed by atoms with van der Waals surface area (Å²) in [5.41, 5.74) is 1.15. The first-order valence-corrected chi connectivity index (χ1v) is 7.54. The lowest BCUT2D eigenvalue weighted by atomic mass is 10.2. The van der Waals surface area contributed by atoms with Crippen molar-refractivity contribution < 1.29 is 0 Å². The summed E-state index contributed by atoms with van der Waals surface area (Å²) in [5.74, 6) is 2.42. The van der Waals surface area contributed by atoms with Gasteiger partial charge in [0.15, 0.2) is 0 Å². The Morgan fingerprint density at radius 3 is 2.72 bits per heavy atom. The number of para-hydroxylation sites is 1. The molecule has 0 unspecified atom stereocenters. The Kier molecular flexibility index (Phi) is 3.57. The largest absolute Gasteiger partial charge is 0.357 e. The van der Waals surface area contributed by atoms with Crippen molar-refractivity contribution in [3.63, 3.8) is 0 Å². The van der Waals surface area contributed by atoms with Crippen molar-refractivity contribution >= 4 is 23.3 Å². The summed E-state index contributed by atoms with van der Waals surface area (Å²) < 4.78 is 0. The molecule has 18 heavy (non-hydrogen) atoms. The van der Waals surface area contributed by atoms with Gasteiger partial charge < -0.3 is 9.80 Å². The molecule has 0 atom stereocenters. The van der Waals surface area contributed by atoms with Crippen molar-refractivity contribution in [1.29, 1.82) is 0 Å². The van der Waals surface area contributed by atoms with E-state index in [-0.39, 0.29) is 0 Å². The molecule has 0 spiro atoms. The quantitative estimate of drug-likeness (QED) is 0.715. The van der Waals surface area contributed by atoms with Crippen molar-refractivity contribution in [2.24, 2.45) is 4.99 Å². The number of benzene rings is 1. The molecule has 3 nitrogen and oxygen atoms in total. The van der Waals surface area contributed by atoms with Crippen LogP contribution in [0.25, 0.3) is 0 Å². The first-order chi connectivity index (χ1) is 8.83. The van der Waals surface area contributed by atoms with Gasteiger partial charge in [0.2, 0.25) is 0 Å². The van der Waals surface area contributed by atoms with Crippen molar-refractivity contribution in [1.82, 2.24) is 9.80 Å². The van der Waals surface area contributed by atoms with Gasteiger partial charge in [-0.05, 0) is 19.2 Å². The molecule has 1 fully saturated rings. The van der Waals surface area contributed by atoms with Gasteiger partial charge in [0, 0.05) is 43.2 Å². The second-order valence-electron chi connectivity index (χ2n) is 4.88. The number of rotatable bonds is 0. The lowest BCUT2D eigenvalue weighted by Gasteiger charge is -2.34. The SMILES string of the molecule is CN1CCN(C2=Nc3ccccc3SCC2)CC1. The van der Waals surface area contributed by atoms with Gasteiger partial charge in [0.25, 0.3) is 0 Å². The summed E-state index contributed by atoms with van der Waals surface area (Å²) >= 11 is 1.93. The first-order valence-electron chi connectivity index (χ1n) is 6.56. The van der Waals surface area contributed by atoms with Crippen LogP contribution in [0.3, 0.4) is 0 Å². The van der Waals surface area contributed by atoms with Crippen LogP contribution in [0.15, 0.2) is 34.2 Å². The monoisotopic (exact) mass is 261 g/mol. The van der Waals surface area contributed by atoms with Crippen molar-refractivity contribution in [2.45, 2.75) is 11.3 Å². The molecule has 2 aliphatic rings. The maximum Gasteiger partial charge on any atom is 0.106 e. The predicted octanol–water partition coefficient (Wildman–Crippen LogP) is 2.46. The van der Waals surface area contributed by atoms with Gasteiger partial charge in [0.1, 0.15) is 5.84 Å². The summed E-state index contributed by atoms with van der Waals surface area (Å²) in [6.45, 7) is 4.52. The van der Waals surface area contributed by atoms with Crippen LogP contribution in [0.1, 0.15) is 6.42 Å². The minimum absolute atomic E-state index is 1.09. The van der Waals surface area contributed by atoms with E-state index in [1.807, 2.05) is 11.8 Å². The van der Waals surface area contributed by atoms with Crippen LogP contribution in [0, 0.1) is 0 Å². The number of nitrogens with zero attached hydrogens (tertiary/aromatic N) is 3. The normalized spacial score (nSPS) is 21.2. The number of hydrogen-bond donors (Lipinski definition) is 0. The van der Waals surface area contributed by atoms with Gasteiger partial charge in [-0.25, -0.2) is 4.99 Å². The van der Waals surface area contributed by atoms with Crippen LogP contribution in [0.4, 0.5) is 5.69 Å². The lowest BCUT2D eigenvalue weighted by Crippen LogP contribution is -2.47. The van der Waals surface area contributed by atoms with Crippen LogP contribution < -0.4 is 0 Å². The van der Waals surface area contributed by atoms with E-state index in [0.717, 1.165) is 44.0 Å². The van der Waals surface area contributed by atoms with Crippen molar-refractivity contribution in [3.05, 3.63) is 24.3 Å². The molecule has 0 saturated carbocycles. The zero-order valence-corrected chi connectivity index (χ0v) is 11.6. The number of fused-ring (bicyclic) bond motifs is 1. The Labute approximate surface area is 113 Å². The molecule has 2 heterocycles. The molecule has 0 radical (unpaired) electrons. The van der Waals surface area contributed by atoms with Crippen molar-refractivity contribution in [3.8, 4) is 0 Å². The highest BCUT2D eigenvalue weighted by Gasteiger charge is 2.19. The van der Waals surface area contributed by atoms with Gasteiger partial charge in [-0.2, -0.15) is 0 Å². The fourth-order valence-corrected chi connectivity index (χ4v) is 3.35. The lowest BCUT2D eigenvalue weighted by molar-refractivity contribution is 0.213. The highest BCUT2D eigenvalue weighted by molar-refractivity contribution is 7.99. The number of hydrogen-bond acceptors (Lipinski definition) is 4. The van der Waals surface area contributed by atoms with Gasteiger partial charge >= 0.3 is 0 Å². The van der Waals surface area contributed by atoms with E-state index in [0.29, 0.717) is 0 Å². The van der Waals surface area contributed by atoms with Gasteiger partial charge in [-0.1, -0.05) is 12.1 Å². The Bertz CT molecular complexity index is 450. The predicted molar refractivity (Wildman–Crippen MR) is 77.9 cm³/mol. The van der Waals surface area contributed by atoms with Gasteiger partial charge in [-0.3, -0.25) is 0 Å². The molecule has 3 rings (SSSR count). The Morgan fingerprint density at radius 2 is 1.89 bits per heavy atom. The Hall–Kier alpha value is -1.00. The summed E-state index contributed by atoms with van der Waals surface area (Å²) in [7, 11) is 2.19. The van der Waals surface area contributed by atoms with E-state index in [1.54, 1.807) is 0 Å². The second kappa shape index (κ2) is 5.33. The van der Waals surface area contributed by atoms with Crippen LogP contribution in [-0.2, 0) is 0 Å². The smallest absolute Gasteiger partial charge is 0.106 e. The Balaban J connectivity index is 1.82. The zero-order valence-electron chi connectivity index (χ0n) is 10.8. The molecule has 1 aromatic rings. The number of aliphatic imine (C=N–C) groups is 1. The molecule has 4 heteroatoms. The fourth-order valence-electron chi connectivity index (χ4n) is 2.41. The number of piperazine rings is 1. The van der Waals surface area contributed by atoms with E-state index < -0.39 is 0 Å². The zero-order chi connectivity index (χ0) is 12.4. The molecule has 0 aromatic heterocycles. The number of thioether (sulfide) groups is 1. The minimum Gasteiger partial charge on any atom is -0.357 e. The van der Waals surface area contributed by atoms with Gasteiger partial charge in [0.05, 0.1) is 5.69 Å². The second-order valence-corrected chi connectivity index (χ2v) is 6.02. The molecular formula is C14H19N3S. The number of amidine groups is 1. The van der Waals surface area contributed by atoms with Gasteiger partial charge in [-0.15, -0.1) is 11.8 Å². The van der Waals surface area contributed by atoms with E-state index in [2.05, 4.69) is 41.1 Å². The number of likely N-dealkylation sites (N-methyl/N-ethyl adjacent to an activating group) is 1. The molecule has 1 saturated heterocycles. The molecule has 2 aliphatic heterocycles. The van der Waals surface area contributed by atoms with E-state index >= 15 is 0 Å². The highest BCUT2D eigenvalue weighted by atomic mass is 32.2. The van der Waals surface area contributed by atoms with Crippen LogP contribution in [0.5, 0.6) is 0 Å². The van der Waals surface area contributed by atoms with Crippen molar-refractivity contribution in [2.75, 3.05) is 39.0 Å². The molecular weight excluding hydrogens is 242 g/mol. The average Bonchev–Trinajstić information content (AvgIpc) is 2.61. The summed E-state index contributed by atoms with van der Waals surface area (Å²) in [6.07, 6.45) is 1.09. The van der Waals surface area contributed by atoms with Crippen LogP contribution in [-0.4, -0.2) is 54.6 Å². The molecule has 96 valence electrons. The fraction of sp³-hybridized carbons (Fsp3) is 0.500. The first kappa shape index (κ1) is 12.1. The van der Waals surface area contributed by atoms with E-state index in [1.165, 1.54) is 10.7 Å². The third-order valence-corrected chi connectivity index (χ3v) is 4.63. The topological polar surface area (TPSA) is 18.8 Å². The third kappa shape index (κ3) is 2.54. The maximum atomic E-state index is 4.89. The average molecular weight is 261 g/mol. The van der Waals surface area contributed by atoms with E-state index in [4.69, 9.17) is 4.99 Å². The minimum atomic E-state index is 1.09. The molecule has 0 N–H and O–H groups in total. The highest BCUT2D eigenvalue weighted by Crippen LogP contribution is 2.33. The van der Waals surface area contributed by atoms with Crippen LogP contribution >= 0.6 is 11.8 Å². The summed E-state index contributed by atoms with van der Waals surface area (Å²) in [5, 5.41) is 0. The summed E-state index contributed by atoms with van der Waals surface area (Å²) in [4.78, 5) is 11.1. The molecule has 0 bridgehead atoms. The summed E-state index contributed by atoms with van der Waals surface area (Å²) in [6, 6.07) is 8.48. The maximum absolute atomic E-state index is 4.89. The molecule has 1 aromatic carbocycles. The standard InChI is InChI=1S/C14H19N3S/c1-16-7-9-17(10-8-16)14-6-11-18-13-5-3-2-4-12(13)15-14/h2-5H,6-11H2,1H3.